The van der Waals surface area contributed by atoms with Gasteiger partial charge in [0.1, 0.15) is 0 Å². The second kappa shape index (κ2) is 4.50. The molecule has 18 heavy (non-hydrogen) atoms. The van der Waals surface area contributed by atoms with Crippen LogP contribution in [-0.4, -0.2) is 22.4 Å². The van der Waals surface area contributed by atoms with Crippen molar-refractivity contribution in [1.29, 1.82) is 0 Å². The predicted octanol–water partition coefficient (Wildman–Crippen LogP) is 2.67. The Hall–Kier alpha value is -0.600. The van der Waals surface area contributed by atoms with Crippen LogP contribution in [0.5, 0.6) is 0 Å². The number of hydrogen-bond donors (Lipinski definition) is 2. The highest BCUT2D eigenvalue weighted by Crippen LogP contribution is 2.49. The Labute approximate surface area is 109 Å². The van der Waals surface area contributed by atoms with E-state index in [-0.39, 0.29) is 35.9 Å². The number of rotatable bonds is 0. The maximum Gasteiger partial charge on any atom is 0.0610 e. The predicted molar refractivity (Wildman–Crippen MR) is 72.0 cm³/mol. The van der Waals surface area contributed by atoms with E-state index in [0.717, 1.165) is 25.7 Å². The first kappa shape index (κ1) is 12.4. The van der Waals surface area contributed by atoms with E-state index < -0.39 is 0 Å². The van der Waals surface area contributed by atoms with E-state index in [2.05, 4.69) is 26.0 Å². The molecule has 6 atom stereocenters. The average Bonchev–Trinajstić information content (AvgIpc) is 2.36. The number of aliphatic hydroxyl groups excluding tert-OH is 2. The van der Waals surface area contributed by atoms with Gasteiger partial charge in [0.25, 0.3) is 0 Å². The fourth-order valence-electron chi connectivity index (χ4n) is 4.41. The Morgan fingerprint density at radius 3 is 1.56 bits per heavy atom. The molecule has 0 saturated heterocycles. The van der Waals surface area contributed by atoms with E-state index in [9.17, 15) is 10.2 Å². The molecule has 0 unspecified atom stereocenters. The number of aliphatic hydroxyl groups is 2. The van der Waals surface area contributed by atoms with Crippen LogP contribution in [0.3, 0.4) is 0 Å². The van der Waals surface area contributed by atoms with Crippen molar-refractivity contribution in [3.8, 4) is 0 Å². The standard InChI is InChI=1S/C16H24O2/c1-9-3-5-11-13(7-9)15(17)12-6-4-10(2)8-14(12)16(11)18/h3-4,11-18H,5-8H2,1-2H3/t11-,12-,13-,14+,15-,16-/m0/s1. The fourth-order valence-corrected chi connectivity index (χ4v) is 4.41. The van der Waals surface area contributed by atoms with Crippen molar-refractivity contribution in [3.05, 3.63) is 23.3 Å². The third kappa shape index (κ3) is 1.86. The molecule has 0 bridgehead atoms. The molecule has 1 fully saturated rings. The van der Waals surface area contributed by atoms with Crippen molar-refractivity contribution < 1.29 is 10.2 Å². The van der Waals surface area contributed by atoms with Crippen molar-refractivity contribution in [2.75, 3.05) is 0 Å². The SMILES string of the molecule is CC1=CC[C@@H]2[C@H](O)[C@@H]3CC(C)=CC[C@@H]3[C@H](O)[C@H]2C1. The van der Waals surface area contributed by atoms with E-state index in [1.54, 1.807) is 0 Å². The summed E-state index contributed by atoms with van der Waals surface area (Å²) in [6.45, 7) is 4.29. The van der Waals surface area contributed by atoms with Crippen LogP contribution in [-0.2, 0) is 0 Å². The Balaban J connectivity index is 1.89. The molecule has 3 aliphatic rings. The summed E-state index contributed by atoms with van der Waals surface area (Å²) in [6.07, 6.45) is 7.88. The van der Waals surface area contributed by atoms with Gasteiger partial charge in [-0.15, -0.1) is 0 Å². The third-order valence-corrected chi connectivity index (χ3v) is 5.45. The van der Waals surface area contributed by atoms with Crippen LogP contribution in [0.1, 0.15) is 39.5 Å². The van der Waals surface area contributed by atoms with Crippen LogP contribution in [0.25, 0.3) is 0 Å². The normalized spacial score (nSPS) is 47.8. The molecule has 0 spiro atoms. The Morgan fingerprint density at radius 2 is 1.17 bits per heavy atom. The van der Waals surface area contributed by atoms with Crippen LogP contribution in [0, 0.1) is 23.7 Å². The van der Waals surface area contributed by atoms with Crippen LogP contribution >= 0.6 is 0 Å². The van der Waals surface area contributed by atoms with Crippen molar-refractivity contribution in [2.24, 2.45) is 23.7 Å². The van der Waals surface area contributed by atoms with E-state index >= 15 is 0 Å². The van der Waals surface area contributed by atoms with Gasteiger partial charge in [-0.3, -0.25) is 0 Å². The van der Waals surface area contributed by atoms with Gasteiger partial charge in [0.15, 0.2) is 0 Å². The maximum atomic E-state index is 10.7. The van der Waals surface area contributed by atoms with Gasteiger partial charge in [-0.1, -0.05) is 23.3 Å². The van der Waals surface area contributed by atoms with Gasteiger partial charge in [-0.25, -0.2) is 0 Å². The summed E-state index contributed by atoms with van der Waals surface area (Å²) in [6, 6.07) is 0. The molecule has 1 saturated carbocycles. The topological polar surface area (TPSA) is 40.5 Å². The highest BCUT2D eigenvalue weighted by molar-refractivity contribution is 5.16. The lowest BCUT2D eigenvalue weighted by Crippen LogP contribution is -2.53. The minimum Gasteiger partial charge on any atom is -0.393 e. The van der Waals surface area contributed by atoms with Crippen LogP contribution < -0.4 is 0 Å². The number of allylic oxidation sites excluding steroid dienone is 4. The van der Waals surface area contributed by atoms with Crippen LogP contribution in [0.2, 0.25) is 0 Å². The quantitative estimate of drug-likeness (QED) is 0.647. The number of fused-ring (bicyclic) bond motifs is 2. The molecule has 3 rings (SSSR count). The third-order valence-electron chi connectivity index (χ3n) is 5.45. The summed E-state index contributed by atoms with van der Waals surface area (Å²) in [7, 11) is 0. The van der Waals surface area contributed by atoms with Gasteiger partial charge in [0.05, 0.1) is 12.2 Å². The minimum atomic E-state index is -0.226. The lowest BCUT2D eigenvalue weighted by Gasteiger charge is -2.51. The van der Waals surface area contributed by atoms with E-state index in [1.165, 1.54) is 11.1 Å². The summed E-state index contributed by atoms with van der Waals surface area (Å²) in [5, 5.41) is 21.3. The molecule has 0 aromatic rings. The first-order valence-corrected chi connectivity index (χ1v) is 7.25. The molecule has 2 heteroatoms. The van der Waals surface area contributed by atoms with Crippen molar-refractivity contribution in [3.63, 3.8) is 0 Å². The van der Waals surface area contributed by atoms with Gasteiger partial charge >= 0.3 is 0 Å². The molecule has 0 amide bonds. The Bertz CT molecular complexity index is 358. The Kier molecular flexibility index (Phi) is 3.11. The molecule has 0 aromatic carbocycles. The molecule has 3 aliphatic carbocycles. The zero-order valence-corrected chi connectivity index (χ0v) is 11.3. The van der Waals surface area contributed by atoms with Gasteiger partial charge < -0.3 is 10.2 Å². The zero-order valence-electron chi connectivity index (χ0n) is 11.3. The van der Waals surface area contributed by atoms with E-state index in [1.807, 2.05) is 0 Å². The summed E-state index contributed by atoms with van der Waals surface area (Å²) in [5.74, 6) is 1.10. The van der Waals surface area contributed by atoms with Crippen molar-refractivity contribution in [2.45, 2.75) is 51.7 Å². The second-order valence-electron chi connectivity index (χ2n) is 6.62. The monoisotopic (exact) mass is 248 g/mol. The van der Waals surface area contributed by atoms with Crippen molar-refractivity contribution >= 4 is 0 Å². The summed E-state index contributed by atoms with van der Waals surface area (Å²) in [5.41, 5.74) is 2.76. The zero-order chi connectivity index (χ0) is 12.9. The largest absolute Gasteiger partial charge is 0.393 e. The smallest absolute Gasteiger partial charge is 0.0610 e. The molecule has 2 N–H and O–H groups in total. The molecule has 0 aromatic heterocycles. The summed E-state index contributed by atoms with van der Waals surface area (Å²) in [4.78, 5) is 0. The fraction of sp³-hybridized carbons (Fsp3) is 0.750. The van der Waals surface area contributed by atoms with Gasteiger partial charge in [0, 0.05) is 0 Å². The van der Waals surface area contributed by atoms with Crippen LogP contribution in [0.15, 0.2) is 23.3 Å². The van der Waals surface area contributed by atoms with Crippen LogP contribution in [0.4, 0.5) is 0 Å². The van der Waals surface area contributed by atoms with Gasteiger partial charge in [-0.05, 0) is 63.2 Å². The highest BCUT2D eigenvalue weighted by atomic mass is 16.3. The lowest BCUT2D eigenvalue weighted by atomic mass is 9.57. The van der Waals surface area contributed by atoms with E-state index in [4.69, 9.17) is 0 Å². The first-order valence-electron chi connectivity index (χ1n) is 7.25. The molecular weight excluding hydrogens is 224 g/mol. The van der Waals surface area contributed by atoms with Gasteiger partial charge in [-0.2, -0.15) is 0 Å². The van der Waals surface area contributed by atoms with E-state index in [0.29, 0.717) is 0 Å². The Morgan fingerprint density at radius 1 is 0.778 bits per heavy atom. The van der Waals surface area contributed by atoms with Crippen molar-refractivity contribution in [1.82, 2.24) is 0 Å². The highest BCUT2D eigenvalue weighted by Gasteiger charge is 2.49. The average molecular weight is 248 g/mol. The summed E-state index contributed by atoms with van der Waals surface area (Å²) < 4.78 is 0. The van der Waals surface area contributed by atoms with Gasteiger partial charge in [0.2, 0.25) is 0 Å². The molecule has 0 radical (unpaired) electrons. The number of hydrogen-bond acceptors (Lipinski definition) is 2. The first-order chi connectivity index (χ1) is 8.58. The molecule has 100 valence electrons. The maximum absolute atomic E-state index is 10.7. The second-order valence-corrected chi connectivity index (χ2v) is 6.62. The molecular formula is C16H24O2. The molecule has 2 nitrogen and oxygen atoms in total. The molecule has 0 heterocycles. The molecule has 0 aliphatic heterocycles. The minimum absolute atomic E-state index is 0.226. The summed E-state index contributed by atoms with van der Waals surface area (Å²) >= 11 is 0. The lowest BCUT2D eigenvalue weighted by molar-refractivity contribution is -0.121.